The molecular weight excluding hydrogens is 244 g/mol. The Bertz CT molecular complexity index is 417. The molecule has 0 amide bonds. The average molecular weight is 265 g/mol. The van der Waals surface area contributed by atoms with E-state index in [-0.39, 0.29) is 0 Å². The standard InChI is InChI=1S/C15H21ClN2/c16-13-4-1-3-11(7-13)12-8-14(17)10-18(9-12)15-5-2-6-15/h1,3-4,7,12,14-15H,2,5-6,8-10,17H2. The largest absolute Gasteiger partial charge is 0.327 e. The van der Waals surface area contributed by atoms with Crippen molar-refractivity contribution >= 4 is 11.6 Å². The first-order valence-electron chi connectivity index (χ1n) is 6.97. The van der Waals surface area contributed by atoms with Crippen LogP contribution in [0.15, 0.2) is 24.3 Å². The van der Waals surface area contributed by atoms with Crippen LogP contribution < -0.4 is 5.73 Å². The van der Waals surface area contributed by atoms with E-state index in [2.05, 4.69) is 17.0 Å². The molecule has 2 unspecified atom stereocenters. The molecule has 18 heavy (non-hydrogen) atoms. The first-order valence-corrected chi connectivity index (χ1v) is 7.35. The normalized spacial score (nSPS) is 30.1. The van der Waals surface area contributed by atoms with Gasteiger partial charge in [-0.1, -0.05) is 30.2 Å². The van der Waals surface area contributed by atoms with Gasteiger partial charge in [0.25, 0.3) is 0 Å². The summed E-state index contributed by atoms with van der Waals surface area (Å²) in [5, 5.41) is 0.835. The zero-order valence-corrected chi connectivity index (χ0v) is 11.4. The summed E-state index contributed by atoms with van der Waals surface area (Å²) in [5.74, 6) is 0.549. The number of hydrogen-bond donors (Lipinski definition) is 1. The van der Waals surface area contributed by atoms with E-state index in [1.165, 1.54) is 24.8 Å². The minimum Gasteiger partial charge on any atom is -0.327 e. The van der Waals surface area contributed by atoms with E-state index >= 15 is 0 Å². The lowest BCUT2D eigenvalue weighted by Gasteiger charge is -2.44. The van der Waals surface area contributed by atoms with Crippen molar-refractivity contribution in [3.8, 4) is 0 Å². The number of piperidine rings is 1. The lowest BCUT2D eigenvalue weighted by Crippen LogP contribution is -2.52. The highest BCUT2D eigenvalue weighted by Gasteiger charge is 2.32. The van der Waals surface area contributed by atoms with Crippen LogP contribution in [0.1, 0.15) is 37.2 Å². The second-order valence-electron chi connectivity index (χ2n) is 5.79. The van der Waals surface area contributed by atoms with E-state index in [0.717, 1.165) is 30.6 Å². The van der Waals surface area contributed by atoms with Crippen LogP contribution >= 0.6 is 11.6 Å². The van der Waals surface area contributed by atoms with E-state index < -0.39 is 0 Å². The Labute approximate surface area is 114 Å². The zero-order valence-electron chi connectivity index (χ0n) is 10.7. The molecule has 0 radical (unpaired) electrons. The van der Waals surface area contributed by atoms with E-state index in [1.807, 2.05) is 12.1 Å². The highest BCUT2D eigenvalue weighted by Crippen LogP contribution is 2.33. The van der Waals surface area contributed by atoms with Gasteiger partial charge in [-0.15, -0.1) is 0 Å². The fourth-order valence-corrected chi connectivity index (χ4v) is 3.42. The zero-order chi connectivity index (χ0) is 12.5. The first-order chi connectivity index (χ1) is 8.72. The molecule has 0 aromatic heterocycles. The van der Waals surface area contributed by atoms with Gasteiger partial charge in [0.2, 0.25) is 0 Å². The third-order valence-corrected chi connectivity index (χ3v) is 4.66. The molecule has 2 N–H and O–H groups in total. The third-order valence-electron chi connectivity index (χ3n) is 4.42. The molecule has 1 saturated heterocycles. The number of nitrogens with two attached hydrogens (primary N) is 1. The highest BCUT2D eigenvalue weighted by atomic mass is 35.5. The third kappa shape index (κ3) is 2.56. The van der Waals surface area contributed by atoms with Crippen molar-refractivity contribution in [3.05, 3.63) is 34.9 Å². The maximum absolute atomic E-state index is 6.23. The summed E-state index contributed by atoms with van der Waals surface area (Å²) in [6.07, 6.45) is 5.19. The smallest absolute Gasteiger partial charge is 0.0408 e. The Morgan fingerprint density at radius 2 is 2.06 bits per heavy atom. The second kappa shape index (κ2) is 5.20. The maximum Gasteiger partial charge on any atom is 0.0408 e. The van der Waals surface area contributed by atoms with Gasteiger partial charge in [0, 0.05) is 30.2 Å². The predicted molar refractivity (Wildman–Crippen MR) is 76.0 cm³/mol. The quantitative estimate of drug-likeness (QED) is 0.890. The molecule has 1 aromatic carbocycles. The molecule has 3 heteroatoms. The van der Waals surface area contributed by atoms with Crippen LogP contribution in [-0.2, 0) is 0 Å². The fourth-order valence-electron chi connectivity index (χ4n) is 3.23. The summed E-state index contributed by atoms with van der Waals surface area (Å²) in [4.78, 5) is 2.60. The summed E-state index contributed by atoms with van der Waals surface area (Å²) in [6, 6.07) is 9.38. The van der Waals surface area contributed by atoms with Gasteiger partial charge in [0.15, 0.2) is 0 Å². The van der Waals surface area contributed by atoms with Gasteiger partial charge < -0.3 is 5.73 Å². The Morgan fingerprint density at radius 1 is 1.22 bits per heavy atom. The van der Waals surface area contributed by atoms with Crippen LogP contribution in [0.2, 0.25) is 5.02 Å². The molecule has 3 rings (SSSR count). The molecule has 1 heterocycles. The van der Waals surface area contributed by atoms with Crippen LogP contribution in [0.5, 0.6) is 0 Å². The monoisotopic (exact) mass is 264 g/mol. The van der Waals surface area contributed by atoms with Crippen LogP contribution in [0.4, 0.5) is 0 Å². The van der Waals surface area contributed by atoms with E-state index in [4.69, 9.17) is 17.3 Å². The number of halogens is 1. The van der Waals surface area contributed by atoms with Crippen LogP contribution in [0.3, 0.4) is 0 Å². The van der Waals surface area contributed by atoms with E-state index in [1.54, 1.807) is 0 Å². The summed E-state index contributed by atoms with van der Waals surface area (Å²) in [7, 11) is 0. The van der Waals surface area contributed by atoms with Crippen LogP contribution in [0, 0.1) is 0 Å². The topological polar surface area (TPSA) is 29.3 Å². The average Bonchev–Trinajstić information content (AvgIpc) is 2.26. The summed E-state index contributed by atoms with van der Waals surface area (Å²) >= 11 is 6.09. The van der Waals surface area contributed by atoms with Gasteiger partial charge in [-0.25, -0.2) is 0 Å². The first kappa shape index (κ1) is 12.5. The molecule has 1 saturated carbocycles. The van der Waals surface area contributed by atoms with Gasteiger partial charge in [-0.2, -0.15) is 0 Å². The molecule has 1 aliphatic heterocycles. The summed E-state index contributed by atoms with van der Waals surface area (Å²) in [6.45, 7) is 2.22. The molecule has 0 spiro atoms. The lowest BCUT2D eigenvalue weighted by atomic mass is 9.84. The van der Waals surface area contributed by atoms with Gasteiger partial charge in [0.1, 0.15) is 0 Å². The van der Waals surface area contributed by atoms with E-state index in [0.29, 0.717) is 12.0 Å². The number of nitrogens with zero attached hydrogens (tertiary/aromatic N) is 1. The molecule has 98 valence electrons. The second-order valence-corrected chi connectivity index (χ2v) is 6.22. The van der Waals surface area contributed by atoms with Gasteiger partial charge in [-0.05, 0) is 42.9 Å². The summed E-state index contributed by atoms with van der Waals surface area (Å²) in [5.41, 5.74) is 7.58. The number of likely N-dealkylation sites (tertiary alicyclic amines) is 1. The molecule has 2 atom stereocenters. The Morgan fingerprint density at radius 3 is 2.72 bits per heavy atom. The molecule has 2 aliphatic rings. The van der Waals surface area contributed by atoms with Crippen molar-refractivity contribution in [2.45, 2.75) is 43.7 Å². The molecular formula is C15H21ClN2. The van der Waals surface area contributed by atoms with Gasteiger partial charge >= 0.3 is 0 Å². The summed E-state index contributed by atoms with van der Waals surface area (Å²) < 4.78 is 0. The van der Waals surface area contributed by atoms with Crippen molar-refractivity contribution < 1.29 is 0 Å². The Hall–Kier alpha value is -0.570. The number of rotatable bonds is 2. The number of benzene rings is 1. The SMILES string of the molecule is NC1CC(c2cccc(Cl)c2)CN(C2CCC2)C1. The molecule has 0 bridgehead atoms. The fraction of sp³-hybridized carbons (Fsp3) is 0.600. The molecule has 2 fully saturated rings. The highest BCUT2D eigenvalue weighted by molar-refractivity contribution is 6.30. The predicted octanol–water partition coefficient (Wildman–Crippen LogP) is 3.01. The van der Waals surface area contributed by atoms with Crippen molar-refractivity contribution in [3.63, 3.8) is 0 Å². The maximum atomic E-state index is 6.23. The minimum absolute atomic E-state index is 0.309. The van der Waals surface area contributed by atoms with Crippen molar-refractivity contribution in [2.24, 2.45) is 5.73 Å². The van der Waals surface area contributed by atoms with Crippen molar-refractivity contribution in [1.82, 2.24) is 4.90 Å². The van der Waals surface area contributed by atoms with Gasteiger partial charge in [0.05, 0.1) is 0 Å². The molecule has 1 aromatic rings. The van der Waals surface area contributed by atoms with Gasteiger partial charge in [-0.3, -0.25) is 4.90 Å². The minimum atomic E-state index is 0.309. The van der Waals surface area contributed by atoms with Crippen LogP contribution in [0.25, 0.3) is 0 Å². The molecule has 2 nitrogen and oxygen atoms in total. The van der Waals surface area contributed by atoms with E-state index in [9.17, 15) is 0 Å². The van der Waals surface area contributed by atoms with Crippen molar-refractivity contribution in [1.29, 1.82) is 0 Å². The number of hydrogen-bond acceptors (Lipinski definition) is 2. The lowest BCUT2D eigenvalue weighted by molar-refractivity contribution is 0.0848. The van der Waals surface area contributed by atoms with Crippen molar-refractivity contribution in [2.75, 3.05) is 13.1 Å². The van der Waals surface area contributed by atoms with Crippen LogP contribution in [-0.4, -0.2) is 30.1 Å². The Kier molecular flexibility index (Phi) is 3.60. The Balaban J connectivity index is 1.75. The molecule has 1 aliphatic carbocycles.